The van der Waals surface area contributed by atoms with Crippen molar-refractivity contribution in [2.24, 2.45) is 5.73 Å². The van der Waals surface area contributed by atoms with E-state index >= 15 is 0 Å². The predicted octanol–water partition coefficient (Wildman–Crippen LogP) is 2.68. The summed E-state index contributed by atoms with van der Waals surface area (Å²) in [6, 6.07) is 7.87. The van der Waals surface area contributed by atoms with Crippen LogP contribution in [0.3, 0.4) is 0 Å². The summed E-state index contributed by atoms with van der Waals surface area (Å²) in [6.45, 7) is 4.22. The van der Waals surface area contributed by atoms with Gasteiger partial charge in [-0.3, -0.25) is 0 Å². The Morgan fingerprint density at radius 1 is 1.47 bits per heavy atom. The van der Waals surface area contributed by atoms with Gasteiger partial charge in [-0.1, -0.05) is 30.7 Å². The number of benzene rings is 1. The van der Waals surface area contributed by atoms with Crippen molar-refractivity contribution in [1.82, 2.24) is 4.90 Å². The second-order valence-electron chi connectivity index (χ2n) is 3.85. The Balaban J connectivity index is 2.50. The van der Waals surface area contributed by atoms with E-state index in [1.54, 1.807) is 0 Å². The summed E-state index contributed by atoms with van der Waals surface area (Å²) in [5.74, 6) is 0. The minimum Gasteiger partial charge on any atom is -0.324 e. The van der Waals surface area contributed by atoms with Crippen molar-refractivity contribution in [3.8, 4) is 0 Å². The first-order chi connectivity index (χ1) is 7.13. The molecule has 1 aromatic rings. The van der Waals surface area contributed by atoms with E-state index in [0.717, 1.165) is 30.1 Å². The lowest BCUT2D eigenvalue weighted by atomic mass is 10.0. The van der Waals surface area contributed by atoms with Crippen molar-refractivity contribution in [3.63, 3.8) is 0 Å². The van der Waals surface area contributed by atoms with Crippen molar-refractivity contribution in [1.29, 1.82) is 0 Å². The van der Waals surface area contributed by atoms with Crippen LogP contribution in [0, 0.1) is 0 Å². The van der Waals surface area contributed by atoms with Crippen LogP contribution in [-0.4, -0.2) is 25.0 Å². The van der Waals surface area contributed by atoms with Crippen LogP contribution in [-0.2, 0) is 0 Å². The Bertz CT molecular complexity index is 301. The molecule has 1 aromatic carbocycles. The predicted molar refractivity (Wildman–Crippen MR) is 66.2 cm³/mol. The van der Waals surface area contributed by atoms with Gasteiger partial charge in [0.1, 0.15) is 0 Å². The molecule has 0 saturated heterocycles. The first-order valence-electron chi connectivity index (χ1n) is 5.33. The minimum atomic E-state index is 0.0812. The van der Waals surface area contributed by atoms with Crippen LogP contribution in [0.25, 0.3) is 0 Å². The highest BCUT2D eigenvalue weighted by molar-refractivity contribution is 6.30. The maximum absolute atomic E-state index is 6.08. The van der Waals surface area contributed by atoms with E-state index in [4.69, 9.17) is 17.3 Å². The molecular formula is C12H19ClN2. The Morgan fingerprint density at radius 2 is 2.20 bits per heavy atom. The number of halogens is 1. The van der Waals surface area contributed by atoms with Gasteiger partial charge >= 0.3 is 0 Å². The van der Waals surface area contributed by atoms with Gasteiger partial charge in [0, 0.05) is 11.1 Å². The monoisotopic (exact) mass is 226 g/mol. The molecule has 0 fully saturated rings. The molecule has 0 amide bonds. The molecule has 2 N–H and O–H groups in total. The van der Waals surface area contributed by atoms with Gasteiger partial charge in [0.15, 0.2) is 0 Å². The van der Waals surface area contributed by atoms with Crippen molar-refractivity contribution >= 4 is 11.6 Å². The van der Waals surface area contributed by atoms with Crippen molar-refractivity contribution < 1.29 is 0 Å². The summed E-state index contributed by atoms with van der Waals surface area (Å²) in [6.07, 6.45) is 0.963. The third-order valence-electron chi connectivity index (χ3n) is 2.64. The van der Waals surface area contributed by atoms with Gasteiger partial charge in [0.05, 0.1) is 0 Å². The van der Waals surface area contributed by atoms with E-state index in [9.17, 15) is 0 Å². The van der Waals surface area contributed by atoms with Crippen molar-refractivity contribution in [2.45, 2.75) is 19.4 Å². The number of nitrogens with zero attached hydrogens (tertiary/aromatic N) is 1. The molecule has 0 spiro atoms. The van der Waals surface area contributed by atoms with E-state index in [1.807, 2.05) is 24.3 Å². The zero-order valence-corrected chi connectivity index (χ0v) is 10.2. The fraction of sp³-hybridized carbons (Fsp3) is 0.500. The molecule has 0 aromatic heterocycles. The third-order valence-corrected chi connectivity index (χ3v) is 2.87. The Hall–Kier alpha value is -0.570. The zero-order valence-electron chi connectivity index (χ0n) is 9.41. The highest BCUT2D eigenvalue weighted by Gasteiger charge is 2.07. The second-order valence-corrected chi connectivity index (χ2v) is 4.28. The first-order valence-corrected chi connectivity index (χ1v) is 5.71. The molecule has 0 aliphatic carbocycles. The molecule has 2 nitrogen and oxygen atoms in total. The summed E-state index contributed by atoms with van der Waals surface area (Å²) >= 11 is 5.91. The van der Waals surface area contributed by atoms with Crippen LogP contribution in [0.15, 0.2) is 24.3 Å². The standard InChI is InChI=1S/C12H19ClN2/c1-3-15(2)8-7-12(14)10-5-4-6-11(13)9-10/h4-6,9,12H,3,7-8,14H2,1-2H3. The molecule has 1 atom stereocenters. The van der Waals surface area contributed by atoms with Crippen LogP contribution in [0.1, 0.15) is 24.9 Å². The average molecular weight is 227 g/mol. The maximum Gasteiger partial charge on any atom is 0.0409 e. The molecule has 1 rings (SSSR count). The topological polar surface area (TPSA) is 29.3 Å². The van der Waals surface area contributed by atoms with Crippen molar-refractivity contribution in [3.05, 3.63) is 34.9 Å². The summed E-state index contributed by atoms with van der Waals surface area (Å²) in [5, 5.41) is 0.756. The van der Waals surface area contributed by atoms with E-state index in [-0.39, 0.29) is 6.04 Å². The molecule has 1 unspecified atom stereocenters. The van der Waals surface area contributed by atoms with Gasteiger partial charge in [-0.25, -0.2) is 0 Å². The van der Waals surface area contributed by atoms with Gasteiger partial charge in [-0.2, -0.15) is 0 Å². The van der Waals surface area contributed by atoms with Gasteiger partial charge in [-0.05, 0) is 44.3 Å². The molecule has 0 heterocycles. The van der Waals surface area contributed by atoms with Crippen LogP contribution in [0.2, 0.25) is 5.02 Å². The number of rotatable bonds is 5. The second kappa shape index (κ2) is 6.11. The third kappa shape index (κ3) is 4.20. The molecule has 0 bridgehead atoms. The van der Waals surface area contributed by atoms with Crippen LogP contribution >= 0.6 is 11.6 Å². The molecule has 3 heteroatoms. The Kier molecular flexibility index (Phi) is 5.09. The summed E-state index contributed by atoms with van der Waals surface area (Å²) in [5.41, 5.74) is 7.20. The first kappa shape index (κ1) is 12.5. The van der Waals surface area contributed by atoms with E-state index in [2.05, 4.69) is 18.9 Å². The van der Waals surface area contributed by atoms with E-state index < -0.39 is 0 Å². The maximum atomic E-state index is 6.08. The Morgan fingerprint density at radius 3 is 2.80 bits per heavy atom. The lowest BCUT2D eigenvalue weighted by molar-refractivity contribution is 0.335. The molecule has 0 saturated carbocycles. The van der Waals surface area contributed by atoms with Gasteiger partial charge < -0.3 is 10.6 Å². The summed E-state index contributed by atoms with van der Waals surface area (Å²) in [4.78, 5) is 2.25. The van der Waals surface area contributed by atoms with Gasteiger partial charge in [0.25, 0.3) is 0 Å². The number of hydrogen-bond acceptors (Lipinski definition) is 2. The molecular weight excluding hydrogens is 208 g/mol. The lowest BCUT2D eigenvalue weighted by Gasteiger charge is -2.17. The van der Waals surface area contributed by atoms with Crippen LogP contribution in [0.5, 0.6) is 0 Å². The molecule has 0 radical (unpaired) electrons. The van der Waals surface area contributed by atoms with Crippen LogP contribution < -0.4 is 5.73 Å². The largest absolute Gasteiger partial charge is 0.324 e. The molecule has 84 valence electrons. The van der Waals surface area contributed by atoms with Crippen LogP contribution in [0.4, 0.5) is 0 Å². The highest BCUT2D eigenvalue weighted by Crippen LogP contribution is 2.18. The van der Waals surface area contributed by atoms with Gasteiger partial charge in [-0.15, -0.1) is 0 Å². The number of nitrogens with two attached hydrogens (primary N) is 1. The fourth-order valence-electron chi connectivity index (χ4n) is 1.42. The summed E-state index contributed by atoms with van der Waals surface area (Å²) in [7, 11) is 2.10. The fourth-order valence-corrected chi connectivity index (χ4v) is 1.62. The quantitative estimate of drug-likeness (QED) is 0.837. The Labute approximate surface area is 97.0 Å². The normalized spacial score (nSPS) is 13.1. The van der Waals surface area contributed by atoms with Gasteiger partial charge in [0.2, 0.25) is 0 Å². The molecule has 15 heavy (non-hydrogen) atoms. The minimum absolute atomic E-state index is 0.0812. The van der Waals surface area contributed by atoms with Crippen molar-refractivity contribution in [2.75, 3.05) is 20.1 Å². The van der Waals surface area contributed by atoms with E-state index in [0.29, 0.717) is 0 Å². The summed E-state index contributed by atoms with van der Waals surface area (Å²) < 4.78 is 0. The zero-order chi connectivity index (χ0) is 11.3. The van der Waals surface area contributed by atoms with E-state index in [1.165, 1.54) is 0 Å². The average Bonchev–Trinajstić information content (AvgIpc) is 2.25. The number of hydrogen-bond donors (Lipinski definition) is 1. The molecule has 0 aliphatic heterocycles. The highest BCUT2D eigenvalue weighted by atomic mass is 35.5. The molecule has 0 aliphatic rings. The smallest absolute Gasteiger partial charge is 0.0409 e. The lowest BCUT2D eigenvalue weighted by Crippen LogP contribution is -2.23. The SMILES string of the molecule is CCN(C)CCC(N)c1cccc(Cl)c1.